The molecule has 0 aromatic rings. The molecular formula is C8H10N2OS. The Morgan fingerprint density at radius 1 is 1.75 bits per heavy atom. The number of carbonyl (C=O) groups excluding carboxylic acids is 1. The van der Waals surface area contributed by atoms with Crippen molar-refractivity contribution >= 4 is 17.7 Å². The fraction of sp³-hybridized carbons (Fsp3) is 0.500. The average Bonchev–Trinajstić information content (AvgIpc) is 2.03. The number of carbonyl (C=O) groups is 1. The lowest BCUT2D eigenvalue weighted by atomic mass is 9.96. The molecule has 0 spiro atoms. The third-order valence-electron chi connectivity index (χ3n) is 1.81. The van der Waals surface area contributed by atoms with E-state index in [9.17, 15) is 4.79 Å². The number of nitrogens with zero attached hydrogens (tertiary/aromatic N) is 1. The van der Waals surface area contributed by atoms with Gasteiger partial charge in [0.1, 0.15) is 0 Å². The molecule has 1 aliphatic rings. The van der Waals surface area contributed by atoms with Crippen LogP contribution in [-0.4, -0.2) is 12.2 Å². The van der Waals surface area contributed by atoms with E-state index in [1.54, 1.807) is 0 Å². The minimum atomic E-state index is 0.00542. The standard InChI is InChI=1S/C8H10N2OS/c1-5-3-7(11)10-8(12-2)6(5)4-9/h5H,3H2,1-2H3,(H,10,11)/t5-/m0/s1. The monoisotopic (exact) mass is 182 g/mol. The molecule has 0 aromatic carbocycles. The summed E-state index contributed by atoms with van der Waals surface area (Å²) in [6.07, 6.45) is 2.28. The van der Waals surface area contributed by atoms with Gasteiger partial charge in [0.05, 0.1) is 16.7 Å². The Kier molecular flexibility index (Phi) is 2.77. The van der Waals surface area contributed by atoms with E-state index in [1.165, 1.54) is 11.8 Å². The number of hydrogen-bond acceptors (Lipinski definition) is 3. The van der Waals surface area contributed by atoms with Gasteiger partial charge in [0.15, 0.2) is 0 Å². The minimum Gasteiger partial charge on any atom is -0.320 e. The summed E-state index contributed by atoms with van der Waals surface area (Å²) in [6, 6.07) is 2.12. The Hall–Kier alpha value is -0.950. The summed E-state index contributed by atoms with van der Waals surface area (Å²) >= 11 is 1.41. The Morgan fingerprint density at radius 3 is 2.92 bits per heavy atom. The zero-order valence-corrected chi connectivity index (χ0v) is 7.86. The normalized spacial score (nSPS) is 23.4. The summed E-state index contributed by atoms with van der Waals surface area (Å²) in [4.78, 5) is 11.0. The van der Waals surface area contributed by atoms with Crippen molar-refractivity contribution < 1.29 is 4.79 Å². The van der Waals surface area contributed by atoms with Crippen LogP contribution in [0.5, 0.6) is 0 Å². The number of rotatable bonds is 1. The Labute approximate surface area is 75.8 Å². The highest BCUT2D eigenvalue weighted by Crippen LogP contribution is 2.26. The van der Waals surface area contributed by atoms with Crippen molar-refractivity contribution in [2.75, 3.05) is 6.26 Å². The van der Waals surface area contributed by atoms with Crippen molar-refractivity contribution in [2.45, 2.75) is 13.3 Å². The Balaban J connectivity index is 2.99. The predicted octanol–water partition coefficient (Wildman–Crippen LogP) is 1.24. The lowest BCUT2D eigenvalue weighted by molar-refractivity contribution is -0.121. The van der Waals surface area contributed by atoms with E-state index in [2.05, 4.69) is 11.4 Å². The molecule has 0 unspecified atom stereocenters. The van der Waals surface area contributed by atoms with Gasteiger partial charge in [0, 0.05) is 12.3 Å². The molecule has 1 heterocycles. The number of nitriles is 1. The molecule has 1 amide bonds. The van der Waals surface area contributed by atoms with Crippen LogP contribution in [0.1, 0.15) is 13.3 Å². The highest BCUT2D eigenvalue weighted by atomic mass is 32.2. The molecule has 0 fully saturated rings. The minimum absolute atomic E-state index is 0.00542. The van der Waals surface area contributed by atoms with Gasteiger partial charge in [0.25, 0.3) is 0 Å². The number of hydrogen-bond donors (Lipinski definition) is 1. The van der Waals surface area contributed by atoms with Crippen molar-refractivity contribution in [1.82, 2.24) is 5.32 Å². The van der Waals surface area contributed by atoms with Crippen LogP contribution in [0.2, 0.25) is 0 Å². The molecule has 0 radical (unpaired) electrons. The van der Waals surface area contributed by atoms with Gasteiger partial charge in [-0.25, -0.2) is 0 Å². The molecule has 12 heavy (non-hydrogen) atoms. The number of amides is 1. The van der Waals surface area contributed by atoms with E-state index < -0.39 is 0 Å². The number of nitrogens with one attached hydrogen (secondary N) is 1. The van der Waals surface area contributed by atoms with Gasteiger partial charge in [-0.15, -0.1) is 11.8 Å². The zero-order chi connectivity index (χ0) is 9.14. The molecule has 64 valence electrons. The topological polar surface area (TPSA) is 52.9 Å². The van der Waals surface area contributed by atoms with E-state index in [1.807, 2.05) is 13.2 Å². The van der Waals surface area contributed by atoms with E-state index in [-0.39, 0.29) is 11.8 Å². The summed E-state index contributed by atoms with van der Waals surface area (Å²) in [5.74, 6) is 0.0667. The van der Waals surface area contributed by atoms with Crippen molar-refractivity contribution in [2.24, 2.45) is 5.92 Å². The first-order valence-electron chi connectivity index (χ1n) is 3.67. The summed E-state index contributed by atoms with van der Waals surface area (Å²) < 4.78 is 0. The quantitative estimate of drug-likeness (QED) is 0.663. The molecule has 0 aliphatic carbocycles. The maximum atomic E-state index is 11.0. The third-order valence-corrected chi connectivity index (χ3v) is 2.54. The highest BCUT2D eigenvalue weighted by molar-refractivity contribution is 8.02. The SMILES string of the molecule is CSC1=C(C#N)[C@@H](C)CC(=O)N1. The van der Waals surface area contributed by atoms with Gasteiger partial charge in [-0.1, -0.05) is 6.92 Å². The molecule has 0 aromatic heterocycles. The van der Waals surface area contributed by atoms with Crippen molar-refractivity contribution in [1.29, 1.82) is 5.26 Å². The van der Waals surface area contributed by atoms with Crippen LogP contribution in [0.15, 0.2) is 10.6 Å². The van der Waals surface area contributed by atoms with Crippen molar-refractivity contribution in [3.05, 3.63) is 10.6 Å². The van der Waals surface area contributed by atoms with Gasteiger partial charge in [0.2, 0.25) is 5.91 Å². The molecule has 3 nitrogen and oxygen atoms in total. The summed E-state index contributed by atoms with van der Waals surface area (Å²) in [7, 11) is 0. The summed E-state index contributed by atoms with van der Waals surface area (Å²) in [5, 5.41) is 12.2. The maximum Gasteiger partial charge on any atom is 0.225 e. The lowest BCUT2D eigenvalue weighted by Gasteiger charge is -2.20. The summed E-state index contributed by atoms with van der Waals surface area (Å²) in [5.41, 5.74) is 0.696. The molecule has 0 saturated carbocycles. The Morgan fingerprint density at radius 2 is 2.42 bits per heavy atom. The predicted molar refractivity (Wildman–Crippen MR) is 48.1 cm³/mol. The van der Waals surface area contributed by atoms with E-state index in [4.69, 9.17) is 5.26 Å². The van der Waals surface area contributed by atoms with Crippen LogP contribution >= 0.6 is 11.8 Å². The highest BCUT2D eigenvalue weighted by Gasteiger charge is 2.23. The third kappa shape index (κ3) is 1.62. The van der Waals surface area contributed by atoms with Gasteiger partial charge in [-0.3, -0.25) is 4.79 Å². The second-order valence-electron chi connectivity index (χ2n) is 2.71. The van der Waals surface area contributed by atoms with Crippen LogP contribution in [0.3, 0.4) is 0 Å². The Bertz CT molecular complexity index is 277. The molecule has 0 saturated heterocycles. The number of allylic oxidation sites excluding steroid dienone is 1. The zero-order valence-electron chi connectivity index (χ0n) is 7.05. The second-order valence-corrected chi connectivity index (χ2v) is 3.53. The fourth-order valence-electron chi connectivity index (χ4n) is 1.17. The van der Waals surface area contributed by atoms with Gasteiger partial charge in [-0.2, -0.15) is 5.26 Å². The van der Waals surface area contributed by atoms with E-state index >= 15 is 0 Å². The van der Waals surface area contributed by atoms with Crippen LogP contribution in [-0.2, 0) is 4.79 Å². The molecule has 1 N–H and O–H groups in total. The largest absolute Gasteiger partial charge is 0.320 e. The first-order chi connectivity index (χ1) is 5.69. The van der Waals surface area contributed by atoms with E-state index in [0.29, 0.717) is 17.0 Å². The fourth-order valence-corrected chi connectivity index (χ4v) is 1.85. The second kappa shape index (κ2) is 3.63. The van der Waals surface area contributed by atoms with Crippen LogP contribution < -0.4 is 5.32 Å². The first-order valence-corrected chi connectivity index (χ1v) is 4.89. The molecule has 1 aliphatic heterocycles. The smallest absolute Gasteiger partial charge is 0.225 e. The lowest BCUT2D eigenvalue weighted by Crippen LogP contribution is -2.30. The average molecular weight is 182 g/mol. The molecule has 1 atom stereocenters. The van der Waals surface area contributed by atoms with Crippen LogP contribution in [0.4, 0.5) is 0 Å². The van der Waals surface area contributed by atoms with Crippen LogP contribution in [0, 0.1) is 17.2 Å². The first kappa shape index (κ1) is 9.14. The molecule has 0 bridgehead atoms. The maximum absolute atomic E-state index is 11.0. The van der Waals surface area contributed by atoms with Crippen LogP contribution in [0.25, 0.3) is 0 Å². The van der Waals surface area contributed by atoms with Gasteiger partial charge < -0.3 is 5.32 Å². The van der Waals surface area contributed by atoms with Gasteiger partial charge in [-0.05, 0) is 6.26 Å². The molecule has 4 heteroatoms. The number of thioether (sulfide) groups is 1. The molecular weight excluding hydrogens is 172 g/mol. The summed E-state index contributed by atoms with van der Waals surface area (Å²) in [6.45, 7) is 1.90. The van der Waals surface area contributed by atoms with E-state index in [0.717, 1.165) is 0 Å². The molecule has 1 rings (SSSR count). The van der Waals surface area contributed by atoms with Gasteiger partial charge >= 0.3 is 0 Å². The van der Waals surface area contributed by atoms with Crippen molar-refractivity contribution in [3.8, 4) is 6.07 Å². The van der Waals surface area contributed by atoms with Crippen molar-refractivity contribution in [3.63, 3.8) is 0 Å².